The largest absolute Gasteiger partial charge is 0.377 e. The Balaban J connectivity index is 1.85. The topological polar surface area (TPSA) is 24.5 Å². The molecule has 2 heterocycles. The Morgan fingerprint density at radius 1 is 1.35 bits per heavy atom. The molecule has 0 saturated carbocycles. The summed E-state index contributed by atoms with van der Waals surface area (Å²) in [5.74, 6) is 0. The summed E-state index contributed by atoms with van der Waals surface area (Å²) in [5.41, 5.74) is 0.182. The average Bonchev–Trinajstić information content (AvgIpc) is 2.69. The fraction of sp³-hybridized carbons (Fsp3) is 0.750. The lowest BCUT2D eigenvalue weighted by Crippen LogP contribution is -2.34. The van der Waals surface area contributed by atoms with Gasteiger partial charge >= 0.3 is 0 Å². The molecule has 1 unspecified atom stereocenters. The van der Waals surface area contributed by atoms with Crippen LogP contribution < -0.4 is 5.32 Å². The minimum absolute atomic E-state index is 0.182. The van der Waals surface area contributed by atoms with Crippen molar-refractivity contribution in [3.05, 3.63) is 21.9 Å². The van der Waals surface area contributed by atoms with E-state index in [4.69, 9.17) is 4.74 Å². The second-order valence-electron chi connectivity index (χ2n) is 6.74. The number of hydrogen-bond donors (Lipinski definition) is 1. The summed E-state index contributed by atoms with van der Waals surface area (Å²) in [4.78, 5) is 5.41. The first-order valence-corrected chi connectivity index (χ1v) is 8.40. The van der Waals surface area contributed by atoms with Gasteiger partial charge in [0.25, 0.3) is 0 Å². The molecule has 1 aliphatic rings. The number of ether oxygens (including phenoxy) is 1. The molecule has 1 fully saturated rings. The van der Waals surface area contributed by atoms with Gasteiger partial charge in [0.15, 0.2) is 0 Å². The third kappa shape index (κ3) is 5.52. The molecule has 0 aromatic carbocycles. The van der Waals surface area contributed by atoms with E-state index in [1.807, 2.05) is 11.3 Å². The second kappa shape index (κ2) is 7.03. The first kappa shape index (κ1) is 16.0. The summed E-state index contributed by atoms with van der Waals surface area (Å²) in [6, 6.07) is 4.54. The van der Waals surface area contributed by atoms with E-state index < -0.39 is 0 Å². The van der Waals surface area contributed by atoms with Crippen LogP contribution in [0.4, 0.5) is 0 Å². The fourth-order valence-corrected chi connectivity index (χ4v) is 3.40. The lowest BCUT2D eigenvalue weighted by Gasteiger charge is -2.21. The predicted molar refractivity (Wildman–Crippen MR) is 86.2 cm³/mol. The van der Waals surface area contributed by atoms with Crippen molar-refractivity contribution in [3.8, 4) is 0 Å². The van der Waals surface area contributed by atoms with Crippen molar-refractivity contribution < 1.29 is 4.74 Å². The van der Waals surface area contributed by atoms with E-state index in [0.717, 1.165) is 39.2 Å². The second-order valence-corrected chi connectivity index (χ2v) is 7.99. The third-order valence-electron chi connectivity index (χ3n) is 3.43. The standard InChI is InChI=1S/C16H28N2OS/c1-13-11-18(8-5-9-19-13)12-15-7-6-14(20-15)10-17-16(2,3)4/h6-7,13,17H,5,8-12H2,1-4H3. The molecule has 0 radical (unpaired) electrons. The summed E-state index contributed by atoms with van der Waals surface area (Å²) in [7, 11) is 0. The van der Waals surface area contributed by atoms with Crippen LogP contribution in [0.5, 0.6) is 0 Å². The highest BCUT2D eigenvalue weighted by atomic mass is 32.1. The van der Waals surface area contributed by atoms with Crippen LogP contribution in [0, 0.1) is 0 Å². The van der Waals surface area contributed by atoms with Crippen molar-refractivity contribution in [3.63, 3.8) is 0 Å². The van der Waals surface area contributed by atoms with E-state index >= 15 is 0 Å². The number of rotatable bonds is 4. The lowest BCUT2D eigenvalue weighted by molar-refractivity contribution is 0.0669. The van der Waals surface area contributed by atoms with Gasteiger partial charge in [-0.15, -0.1) is 11.3 Å². The molecule has 0 spiro atoms. The molecule has 2 rings (SSSR count). The third-order valence-corrected chi connectivity index (χ3v) is 4.50. The van der Waals surface area contributed by atoms with Crippen molar-refractivity contribution in [1.29, 1.82) is 0 Å². The Kier molecular flexibility index (Phi) is 5.61. The van der Waals surface area contributed by atoms with Gasteiger partial charge in [-0.05, 0) is 46.2 Å². The molecule has 0 amide bonds. The minimum Gasteiger partial charge on any atom is -0.377 e. The van der Waals surface area contributed by atoms with Crippen LogP contribution >= 0.6 is 11.3 Å². The monoisotopic (exact) mass is 296 g/mol. The maximum atomic E-state index is 5.70. The normalized spacial score (nSPS) is 21.9. The molecule has 114 valence electrons. The molecule has 1 aromatic heterocycles. The van der Waals surface area contributed by atoms with Crippen molar-refractivity contribution in [2.45, 2.75) is 58.8 Å². The molecule has 1 aromatic rings. The molecule has 0 bridgehead atoms. The molecule has 0 aliphatic carbocycles. The molecule has 4 heteroatoms. The van der Waals surface area contributed by atoms with Gasteiger partial charge in [0, 0.05) is 48.1 Å². The maximum Gasteiger partial charge on any atom is 0.0674 e. The summed E-state index contributed by atoms with van der Waals surface area (Å²) in [6.45, 7) is 13.9. The summed E-state index contributed by atoms with van der Waals surface area (Å²) >= 11 is 1.93. The van der Waals surface area contributed by atoms with Gasteiger partial charge in [-0.3, -0.25) is 4.90 Å². The van der Waals surface area contributed by atoms with Gasteiger partial charge in [-0.2, -0.15) is 0 Å². The smallest absolute Gasteiger partial charge is 0.0674 e. The number of hydrogen-bond acceptors (Lipinski definition) is 4. The predicted octanol–water partition coefficient (Wildman–Crippen LogP) is 3.25. The van der Waals surface area contributed by atoms with Gasteiger partial charge in [0.05, 0.1) is 6.10 Å². The van der Waals surface area contributed by atoms with Crippen molar-refractivity contribution >= 4 is 11.3 Å². The Morgan fingerprint density at radius 2 is 2.10 bits per heavy atom. The van der Waals surface area contributed by atoms with Crippen LogP contribution in [0.2, 0.25) is 0 Å². The molecular weight excluding hydrogens is 268 g/mol. The van der Waals surface area contributed by atoms with E-state index in [1.54, 1.807) is 0 Å². The molecule has 1 N–H and O–H groups in total. The first-order chi connectivity index (χ1) is 9.42. The van der Waals surface area contributed by atoms with E-state index in [9.17, 15) is 0 Å². The highest BCUT2D eigenvalue weighted by Gasteiger charge is 2.16. The number of nitrogens with zero attached hydrogens (tertiary/aromatic N) is 1. The zero-order valence-electron chi connectivity index (χ0n) is 13.2. The Hall–Kier alpha value is -0.420. The SMILES string of the molecule is CC1CN(Cc2ccc(CNC(C)(C)C)s2)CCCO1. The Labute approximate surface area is 127 Å². The summed E-state index contributed by atoms with van der Waals surface area (Å²) < 4.78 is 5.70. The number of nitrogens with one attached hydrogen (secondary N) is 1. The van der Waals surface area contributed by atoms with E-state index in [1.165, 1.54) is 9.75 Å². The van der Waals surface area contributed by atoms with Crippen molar-refractivity contribution in [2.75, 3.05) is 19.7 Å². The maximum absolute atomic E-state index is 5.70. The molecule has 1 aliphatic heterocycles. The molecule has 1 saturated heterocycles. The molecule has 1 atom stereocenters. The van der Waals surface area contributed by atoms with Gasteiger partial charge in [0.1, 0.15) is 0 Å². The summed E-state index contributed by atoms with van der Waals surface area (Å²) in [6.07, 6.45) is 1.51. The van der Waals surface area contributed by atoms with Crippen LogP contribution in [0.25, 0.3) is 0 Å². The molecule has 20 heavy (non-hydrogen) atoms. The van der Waals surface area contributed by atoms with Crippen LogP contribution in [0.15, 0.2) is 12.1 Å². The van der Waals surface area contributed by atoms with E-state index in [2.05, 4.69) is 50.0 Å². The van der Waals surface area contributed by atoms with Gasteiger partial charge < -0.3 is 10.1 Å². The zero-order chi connectivity index (χ0) is 14.6. The highest BCUT2D eigenvalue weighted by Crippen LogP contribution is 2.20. The minimum atomic E-state index is 0.182. The first-order valence-electron chi connectivity index (χ1n) is 7.59. The zero-order valence-corrected chi connectivity index (χ0v) is 14.1. The van der Waals surface area contributed by atoms with Gasteiger partial charge in [-0.25, -0.2) is 0 Å². The average molecular weight is 296 g/mol. The van der Waals surface area contributed by atoms with Crippen LogP contribution in [0.1, 0.15) is 43.9 Å². The van der Waals surface area contributed by atoms with Crippen LogP contribution in [-0.2, 0) is 17.8 Å². The van der Waals surface area contributed by atoms with E-state index in [-0.39, 0.29) is 5.54 Å². The highest BCUT2D eigenvalue weighted by molar-refractivity contribution is 7.11. The molecule has 3 nitrogen and oxygen atoms in total. The number of thiophene rings is 1. The molecular formula is C16H28N2OS. The Morgan fingerprint density at radius 3 is 2.85 bits per heavy atom. The fourth-order valence-electron chi connectivity index (χ4n) is 2.40. The summed E-state index contributed by atoms with van der Waals surface area (Å²) in [5, 5.41) is 3.55. The van der Waals surface area contributed by atoms with Crippen LogP contribution in [0.3, 0.4) is 0 Å². The van der Waals surface area contributed by atoms with Crippen molar-refractivity contribution in [1.82, 2.24) is 10.2 Å². The lowest BCUT2D eigenvalue weighted by atomic mass is 10.1. The van der Waals surface area contributed by atoms with Gasteiger partial charge in [0.2, 0.25) is 0 Å². The van der Waals surface area contributed by atoms with Crippen molar-refractivity contribution in [2.24, 2.45) is 0 Å². The Bertz CT molecular complexity index is 411. The quantitative estimate of drug-likeness (QED) is 0.923. The van der Waals surface area contributed by atoms with Crippen LogP contribution in [-0.4, -0.2) is 36.2 Å². The van der Waals surface area contributed by atoms with E-state index in [0.29, 0.717) is 6.10 Å². The van der Waals surface area contributed by atoms with Gasteiger partial charge in [-0.1, -0.05) is 0 Å².